The summed E-state index contributed by atoms with van der Waals surface area (Å²) in [4.78, 5) is 20.6. The molecule has 3 N–H and O–H groups in total. The van der Waals surface area contributed by atoms with Crippen LogP contribution in [0, 0.1) is 0 Å². The minimum atomic E-state index is 0.111. The van der Waals surface area contributed by atoms with E-state index >= 15 is 0 Å². The zero-order chi connectivity index (χ0) is 15.1. The maximum absolute atomic E-state index is 11.6. The fraction of sp³-hybridized carbons (Fsp3) is 0.667. The topological polar surface area (TPSA) is 78.9 Å². The van der Waals surface area contributed by atoms with Gasteiger partial charge in [0.25, 0.3) is 0 Å². The normalized spacial score (nSPS) is 13.8. The Bertz CT molecular complexity index is 449. The summed E-state index contributed by atoms with van der Waals surface area (Å²) in [5.41, 5.74) is 0. The second kappa shape index (κ2) is 7.81. The number of nitrogens with zero attached hydrogens (tertiary/aromatic N) is 2. The van der Waals surface area contributed by atoms with Gasteiger partial charge in [-0.15, -0.1) is 0 Å². The standard InChI is InChI=1S/C15H25N5O/c1-3-5-12-19-13(16-4-2)10-14(20-12)17-9-8-15(21)18-11-6-7-11/h10-11H,3-9H2,1-2H3,(H,18,21)(H2,16,17,19,20). The number of aromatic nitrogens is 2. The molecule has 0 saturated heterocycles. The first-order valence-corrected chi connectivity index (χ1v) is 7.86. The summed E-state index contributed by atoms with van der Waals surface area (Å²) in [5, 5.41) is 9.40. The third-order valence-electron chi connectivity index (χ3n) is 3.20. The average molecular weight is 291 g/mol. The summed E-state index contributed by atoms with van der Waals surface area (Å²) < 4.78 is 0. The van der Waals surface area contributed by atoms with Crippen molar-refractivity contribution in [3.05, 3.63) is 11.9 Å². The SMILES string of the molecule is CCCc1nc(NCC)cc(NCCC(=O)NC2CC2)n1. The van der Waals surface area contributed by atoms with Crippen molar-refractivity contribution in [2.24, 2.45) is 0 Å². The maximum Gasteiger partial charge on any atom is 0.221 e. The first kappa shape index (κ1) is 15.5. The van der Waals surface area contributed by atoms with Gasteiger partial charge in [0.1, 0.15) is 17.5 Å². The van der Waals surface area contributed by atoms with Crippen molar-refractivity contribution in [3.63, 3.8) is 0 Å². The van der Waals surface area contributed by atoms with Crippen molar-refractivity contribution in [2.45, 2.75) is 52.0 Å². The molecule has 21 heavy (non-hydrogen) atoms. The lowest BCUT2D eigenvalue weighted by molar-refractivity contribution is -0.120. The predicted octanol–water partition coefficient (Wildman–Crippen LogP) is 1.94. The number of carbonyl (C=O) groups excluding carboxylic acids is 1. The first-order valence-electron chi connectivity index (χ1n) is 7.86. The van der Waals surface area contributed by atoms with Crippen molar-refractivity contribution >= 4 is 17.5 Å². The molecule has 1 amide bonds. The summed E-state index contributed by atoms with van der Waals surface area (Å²) in [6.07, 6.45) is 4.59. The van der Waals surface area contributed by atoms with Crippen molar-refractivity contribution in [2.75, 3.05) is 23.7 Å². The molecule has 0 aromatic carbocycles. The van der Waals surface area contributed by atoms with Crippen LogP contribution in [0.4, 0.5) is 11.6 Å². The second-order valence-electron chi connectivity index (χ2n) is 5.35. The minimum absolute atomic E-state index is 0.111. The van der Waals surface area contributed by atoms with Crippen molar-refractivity contribution < 1.29 is 4.79 Å². The summed E-state index contributed by atoms with van der Waals surface area (Å²) in [7, 11) is 0. The van der Waals surface area contributed by atoms with Gasteiger partial charge in [0.15, 0.2) is 0 Å². The molecule has 6 nitrogen and oxygen atoms in total. The van der Waals surface area contributed by atoms with Crippen molar-refractivity contribution in [1.82, 2.24) is 15.3 Å². The number of aryl methyl sites for hydroxylation is 1. The largest absolute Gasteiger partial charge is 0.370 e. The molecular formula is C15H25N5O. The Morgan fingerprint density at radius 3 is 2.57 bits per heavy atom. The Kier molecular flexibility index (Phi) is 5.78. The zero-order valence-corrected chi connectivity index (χ0v) is 12.9. The molecule has 0 spiro atoms. The summed E-state index contributed by atoms with van der Waals surface area (Å²) in [5.74, 6) is 2.56. The summed E-state index contributed by atoms with van der Waals surface area (Å²) in [6, 6.07) is 2.31. The maximum atomic E-state index is 11.6. The molecule has 1 aromatic heterocycles. The van der Waals surface area contributed by atoms with E-state index in [1.807, 2.05) is 13.0 Å². The molecule has 1 aliphatic carbocycles. The molecule has 1 saturated carbocycles. The van der Waals surface area contributed by atoms with E-state index in [2.05, 4.69) is 32.8 Å². The summed E-state index contributed by atoms with van der Waals surface area (Å²) in [6.45, 7) is 5.56. The molecular weight excluding hydrogens is 266 g/mol. The van der Waals surface area contributed by atoms with Crippen LogP contribution in [0.1, 0.15) is 45.4 Å². The van der Waals surface area contributed by atoms with E-state index in [1.54, 1.807) is 0 Å². The molecule has 1 heterocycles. The van der Waals surface area contributed by atoms with Gasteiger partial charge in [-0.3, -0.25) is 4.79 Å². The van der Waals surface area contributed by atoms with Gasteiger partial charge in [0.2, 0.25) is 5.91 Å². The van der Waals surface area contributed by atoms with E-state index in [-0.39, 0.29) is 5.91 Å². The van der Waals surface area contributed by atoms with Crippen LogP contribution in [0.15, 0.2) is 6.07 Å². The zero-order valence-electron chi connectivity index (χ0n) is 12.9. The monoisotopic (exact) mass is 291 g/mol. The fourth-order valence-corrected chi connectivity index (χ4v) is 2.03. The van der Waals surface area contributed by atoms with E-state index < -0.39 is 0 Å². The highest BCUT2D eigenvalue weighted by Crippen LogP contribution is 2.18. The lowest BCUT2D eigenvalue weighted by Crippen LogP contribution is -2.27. The molecule has 1 aliphatic rings. The van der Waals surface area contributed by atoms with Crippen molar-refractivity contribution in [3.8, 4) is 0 Å². The van der Waals surface area contributed by atoms with Crippen LogP contribution in [0.25, 0.3) is 0 Å². The molecule has 1 fully saturated rings. The molecule has 116 valence electrons. The number of anilines is 2. The highest BCUT2D eigenvalue weighted by atomic mass is 16.1. The molecule has 0 bridgehead atoms. The lowest BCUT2D eigenvalue weighted by Gasteiger charge is -2.10. The number of rotatable bonds is 9. The third kappa shape index (κ3) is 5.57. The van der Waals surface area contributed by atoms with Gasteiger partial charge in [-0.05, 0) is 26.2 Å². The van der Waals surface area contributed by atoms with Gasteiger partial charge in [-0.2, -0.15) is 0 Å². The van der Waals surface area contributed by atoms with Gasteiger partial charge in [0, 0.05) is 38.0 Å². The highest BCUT2D eigenvalue weighted by Gasteiger charge is 2.22. The molecule has 6 heteroatoms. The highest BCUT2D eigenvalue weighted by molar-refractivity contribution is 5.77. The number of hydrogen-bond donors (Lipinski definition) is 3. The lowest BCUT2D eigenvalue weighted by atomic mass is 10.3. The Morgan fingerprint density at radius 1 is 1.24 bits per heavy atom. The quantitative estimate of drug-likeness (QED) is 0.648. The van der Waals surface area contributed by atoms with E-state index in [4.69, 9.17) is 0 Å². The number of amides is 1. The van der Waals surface area contributed by atoms with Crippen molar-refractivity contribution in [1.29, 1.82) is 0 Å². The van der Waals surface area contributed by atoms with Crippen LogP contribution < -0.4 is 16.0 Å². The first-order chi connectivity index (χ1) is 10.2. The molecule has 0 unspecified atom stereocenters. The van der Waals surface area contributed by atoms with E-state index in [1.165, 1.54) is 0 Å². The predicted molar refractivity (Wildman–Crippen MR) is 84.5 cm³/mol. The van der Waals surface area contributed by atoms with E-state index in [0.29, 0.717) is 19.0 Å². The van der Waals surface area contributed by atoms with Crippen LogP contribution in [0.5, 0.6) is 0 Å². The van der Waals surface area contributed by atoms with Crippen LogP contribution in [-0.2, 0) is 11.2 Å². The van der Waals surface area contributed by atoms with Gasteiger partial charge >= 0.3 is 0 Å². The van der Waals surface area contributed by atoms with Gasteiger partial charge in [0.05, 0.1) is 0 Å². The van der Waals surface area contributed by atoms with Crippen LogP contribution in [-0.4, -0.2) is 35.0 Å². The minimum Gasteiger partial charge on any atom is -0.370 e. The Labute approximate surface area is 126 Å². The third-order valence-corrected chi connectivity index (χ3v) is 3.20. The van der Waals surface area contributed by atoms with Gasteiger partial charge < -0.3 is 16.0 Å². The molecule has 2 rings (SSSR count). The Morgan fingerprint density at radius 2 is 1.95 bits per heavy atom. The fourth-order valence-electron chi connectivity index (χ4n) is 2.03. The summed E-state index contributed by atoms with van der Waals surface area (Å²) >= 11 is 0. The number of hydrogen-bond acceptors (Lipinski definition) is 5. The Balaban J connectivity index is 1.86. The second-order valence-corrected chi connectivity index (χ2v) is 5.35. The average Bonchev–Trinajstić information content (AvgIpc) is 3.23. The van der Waals surface area contributed by atoms with Crippen LogP contribution in [0.3, 0.4) is 0 Å². The van der Waals surface area contributed by atoms with Crippen LogP contribution in [0.2, 0.25) is 0 Å². The number of nitrogens with one attached hydrogen (secondary N) is 3. The van der Waals surface area contributed by atoms with Crippen LogP contribution >= 0.6 is 0 Å². The molecule has 0 atom stereocenters. The molecule has 1 aromatic rings. The van der Waals surface area contributed by atoms with Gasteiger partial charge in [-0.1, -0.05) is 6.92 Å². The number of carbonyl (C=O) groups is 1. The Hall–Kier alpha value is -1.85. The molecule has 0 aliphatic heterocycles. The smallest absolute Gasteiger partial charge is 0.221 e. The van der Waals surface area contributed by atoms with E-state index in [0.717, 1.165) is 49.7 Å². The van der Waals surface area contributed by atoms with E-state index in [9.17, 15) is 4.79 Å². The molecule has 0 radical (unpaired) electrons. The van der Waals surface area contributed by atoms with Gasteiger partial charge in [-0.25, -0.2) is 9.97 Å².